The minimum absolute atomic E-state index is 0.0714. The Morgan fingerprint density at radius 1 is 1.36 bits per heavy atom. The minimum atomic E-state index is -0.456. The molecule has 144 valence electrons. The van der Waals surface area contributed by atoms with E-state index < -0.39 is 5.82 Å². The summed E-state index contributed by atoms with van der Waals surface area (Å²) in [6.45, 7) is 1.71. The summed E-state index contributed by atoms with van der Waals surface area (Å²) in [5.74, 6) is -0.0206. The molecule has 1 aliphatic heterocycles. The molecule has 1 atom stereocenters. The smallest absolute Gasteiger partial charge is 0.259 e. The van der Waals surface area contributed by atoms with Crippen LogP contribution in [0.5, 0.6) is 0 Å². The monoisotopic (exact) mass is 419 g/mol. The van der Waals surface area contributed by atoms with Gasteiger partial charge in [0, 0.05) is 19.3 Å². The zero-order chi connectivity index (χ0) is 19.5. The number of hydrogen-bond acceptors (Lipinski definition) is 7. The number of carbonyl (C=O) groups is 1. The highest BCUT2D eigenvalue weighted by Crippen LogP contribution is 2.28. The van der Waals surface area contributed by atoms with Crippen molar-refractivity contribution >= 4 is 39.8 Å². The normalized spacial score (nSPS) is 16.8. The first-order valence-electron chi connectivity index (χ1n) is 8.45. The number of ether oxygens (including phenoxy) is 1. The van der Waals surface area contributed by atoms with Crippen molar-refractivity contribution in [1.29, 1.82) is 0 Å². The van der Waals surface area contributed by atoms with Crippen LogP contribution >= 0.6 is 22.9 Å². The summed E-state index contributed by atoms with van der Waals surface area (Å²) in [6.07, 6.45) is 1.28. The Kier molecular flexibility index (Phi) is 5.47. The fourth-order valence-corrected chi connectivity index (χ4v) is 3.50. The number of hydrogen-bond donors (Lipinski definition) is 1. The molecular formula is C18H15ClFN5O2S. The predicted molar refractivity (Wildman–Crippen MR) is 104 cm³/mol. The average Bonchev–Trinajstić information content (AvgIpc) is 3.23. The van der Waals surface area contributed by atoms with Gasteiger partial charge in [0.15, 0.2) is 0 Å². The van der Waals surface area contributed by atoms with Crippen LogP contribution in [0.3, 0.4) is 0 Å². The van der Waals surface area contributed by atoms with Crippen molar-refractivity contribution in [3.63, 3.8) is 0 Å². The van der Waals surface area contributed by atoms with Crippen LogP contribution in [0.15, 0.2) is 42.0 Å². The maximum absolute atomic E-state index is 13.4. The van der Waals surface area contributed by atoms with Gasteiger partial charge in [-0.25, -0.2) is 9.37 Å². The highest BCUT2D eigenvalue weighted by Gasteiger charge is 2.24. The lowest BCUT2D eigenvalue weighted by Crippen LogP contribution is -2.38. The Bertz CT molecular complexity index is 971. The van der Waals surface area contributed by atoms with Gasteiger partial charge in [0.05, 0.1) is 17.2 Å². The topological polar surface area (TPSA) is 80.2 Å². The van der Waals surface area contributed by atoms with Crippen LogP contribution in [0.2, 0.25) is 5.02 Å². The Morgan fingerprint density at radius 2 is 2.25 bits per heavy atom. The summed E-state index contributed by atoms with van der Waals surface area (Å²) in [4.78, 5) is 18.7. The molecule has 0 bridgehead atoms. The van der Waals surface area contributed by atoms with Crippen LogP contribution in [-0.2, 0) is 4.74 Å². The molecule has 1 N–H and O–H groups in total. The van der Waals surface area contributed by atoms with Crippen LogP contribution in [0.25, 0.3) is 0 Å². The van der Waals surface area contributed by atoms with Crippen molar-refractivity contribution in [3.05, 3.63) is 64.0 Å². The van der Waals surface area contributed by atoms with Crippen molar-refractivity contribution in [3.8, 4) is 0 Å². The molecule has 28 heavy (non-hydrogen) atoms. The van der Waals surface area contributed by atoms with Crippen molar-refractivity contribution in [1.82, 2.24) is 15.2 Å². The van der Waals surface area contributed by atoms with Gasteiger partial charge in [0.1, 0.15) is 23.2 Å². The molecule has 3 aromatic rings. The molecule has 10 heteroatoms. The Morgan fingerprint density at radius 3 is 2.96 bits per heavy atom. The number of nitrogens with one attached hydrogen (secondary N) is 1. The van der Waals surface area contributed by atoms with E-state index in [1.54, 1.807) is 29.8 Å². The first kappa shape index (κ1) is 18.7. The largest absolute Gasteiger partial charge is 0.370 e. The minimum Gasteiger partial charge on any atom is -0.370 e. The van der Waals surface area contributed by atoms with Gasteiger partial charge >= 0.3 is 0 Å². The third kappa shape index (κ3) is 4.11. The first-order valence-corrected chi connectivity index (χ1v) is 9.71. The second-order valence-electron chi connectivity index (χ2n) is 6.08. The van der Waals surface area contributed by atoms with E-state index >= 15 is 0 Å². The number of anilines is 2. The zero-order valence-corrected chi connectivity index (χ0v) is 16.1. The predicted octanol–water partition coefficient (Wildman–Crippen LogP) is 3.56. The van der Waals surface area contributed by atoms with Gasteiger partial charge in [0.25, 0.3) is 5.91 Å². The van der Waals surface area contributed by atoms with Gasteiger partial charge in [-0.1, -0.05) is 29.0 Å². The molecule has 2 aromatic heterocycles. The number of nitrogens with zero attached hydrogens (tertiary/aromatic N) is 4. The van der Waals surface area contributed by atoms with Gasteiger partial charge in [0.2, 0.25) is 5.13 Å². The third-order valence-electron chi connectivity index (χ3n) is 4.30. The van der Waals surface area contributed by atoms with E-state index in [0.29, 0.717) is 30.4 Å². The van der Waals surface area contributed by atoms with Crippen LogP contribution in [-0.4, -0.2) is 40.8 Å². The van der Waals surface area contributed by atoms with Gasteiger partial charge < -0.3 is 9.64 Å². The summed E-state index contributed by atoms with van der Waals surface area (Å²) >= 11 is 7.12. The van der Waals surface area contributed by atoms with Crippen molar-refractivity contribution in [2.24, 2.45) is 0 Å². The van der Waals surface area contributed by atoms with E-state index in [1.165, 1.54) is 23.6 Å². The van der Waals surface area contributed by atoms with E-state index in [9.17, 15) is 9.18 Å². The molecule has 0 saturated carbocycles. The van der Waals surface area contributed by atoms with Gasteiger partial charge in [-0.05, 0) is 29.8 Å². The first-order chi connectivity index (χ1) is 13.6. The molecule has 7 nitrogen and oxygen atoms in total. The lowest BCUT2D eigenvalue weighted by molar-refractivity contribution is 0.0395. The summed E-state index contributed by atoms with van der Waals surface area (Å²) in [6, 6.07) is 8.08. The number of aromatic nitrogens is 3. The number of halogens is 2. The maximum atomic E-state index is 13.4. The van der Waals surface area contributed by atoms with Crippen LogP contribution in [0.1, 0.15) is 22.0 Å². The Hall–Kier alpha value is -2.62. The fourth-order valence-electron chi connectivity index (χ4n) is 2.88. The maximum Gasteiger partial charge on any atom is 0.259 e. The molecule has 0 aliphatic carbocycles. The van der Waals surface area contributed by atoms with E-state index in [0.717, 1.165) is 11.4 Å². The van der Waals surface area contributed by atoms with Crippen LogP contribution in [0.4, 0.5) is 15.3 Å². The summed E-state index contributed by atoms with van der Waals surface area (Å²) in [5.41, 5.74) is 2.78. The molecular weight excluding hydrogens is 405 g/mol. The zero-order valence-electron chi connectivity index (χ0n) is 14.5. The number of carbonyl (C=O) groups excluding carboxylic acids is 1. The van der Waals surface area contributed by atoms with Gasteiger partial charge in [-0.15, -0.1) is 10.2 Å². The van der Waals surface area contributed by atoms with Gasteiger partial charge in [-0.3, -0.25) is 10.1 Å². The average molecular weight is 420 g/mol. The molecule has 4 rings (SSSR count). The second kappa shape index (κ2) is 8.17. The number of rotatable bonds is 4. The quantitative estimate of drug-likeness (QED) is 0.696. The Balaban J connectivity index is 1.44. The molecule has 1 saturated heterocycles. The van der Waals surface area contributed by atoms with E-state index in [2.05, 4.69) is 25.4 Å². The number of amides is 1. The van der Waals surface area contributed by atoms with Crippen molar-refractivity contribution in [2.75, 3.05) is 29.9 Å². The molecule has 1 fully saturated rings. The molecule has 1 unspecified atom stereocenters. The summed E-state index contributed by atoms with van der Waals surface area (Å²) in [7, 11) is 0. The standard InChI is InChI=1S/C18H15ClFN5O2S/c19-13-7-11(1-3-14(13)20)15-9-25(5-6-27-15)16-4-2-12(8-21-16)17(26)23-18-24-22-10-28-18/h1-4,7-8,10,15H,5-6,9H2,(H,23,24,26). The fraction of sp³-hybridized carbons (Fsp3) is 0.222. The highest BCUT2D eigenvalue weighted by molar-refractivity contribution is 7.13. The molecule has 0 spiro atoms. The number of morpholine rings is 1. The molecule has 0 radical (unpaired) electrons. The van der Waals surface area contributed by atoms with E-state index in [1.807, 2.05) is 0 Å². The van der Waals surface area contributed by atoms with E-state index in [4.69, 9.17) is 16.3 Å². The lowest BCUT2D eigenvalue weighted by Gasteiger charge is -2.34. The molecule has 1 aliphatic rings. The summed E-state index contributed by atoms with van der Waals surface area (Å²) in [5, 5.41) is 10.6. The molecule has 3 heterocycles. The SMILES string of the molecule is O=C(Nc1nncs1)c1ccc(N2CCOC(c3ccc(F)c(Cl)c3)C2)nc1. The summed E-state index contributed by atoms with van der Waals surface area (Å²) < 4.78 is 19.2. The number of pyridine rings is 1. The highest BCUT2D eigenvalue weighted by atomic mass is 35.5. The van der Waals surface area contributed by atoms with Crippen LogP contribution in [0, 0.1) is 5.82 Å². The van der Waals surface area contributed by atoms with Crippen molar-refractivity contribution in [2.45, 2.75) is 6.10 Å². The Labute approximate surface area is 169 Å². The number of benzene rings is 1. The lowest BCUT2D eigenvalue weighted by atomic mass is 10.1. The second-order valence-corrected chi connectivity index (χ2v) is 7.32. The van der Waals surface area contributed by atoms with E-state index in [-0.39, 0.29) is 17.0 Å². The molecule has 1 aromatic carbocycles. The third-order valence-corrected chi connectivity index (χ3v) is 5.19. The van der Waals surface area contributed by atoms with Gasteiger partial charge in [-0.2, -0.15) is 0 Å². The van der Waals surface area contributed by atoms with Crippen molar-refractivity contribution < 1.29 is 13.9 Å². The molecule has 1 amide bonds. The van der Waals surface area contributed by atoms with Crippen LogP contribution < -0.4 is 10.2 Å².